The number of ether oxygens (including phenoxy) is 1. The van der Waals surface area contributed by atoms with Crippen LogP contribution in [0.15, 0.2) is 18.2 Å². The average Bonchev–Trinajstić information content (AvgIpc) is 2.46. The second-order valence-electron chi connectivity index (χ2n) is 6.32. The van der Waals surface area contributed by atoms with Crippen LogP contribution in [-0.4, -0.2) is 25.6 Å². The number of hydrogen-bond acceptors (Lipinski definition) is 3. The Morgan fingerprint density at radius 1 is 1.29 bits per heavy atom. The predicted octanol–water partition coefficient (Wildman–Crippen LogP) is 3.15. The van der Waals surface area contributed by atoms with Gasteiger partial charge in [-0.3, -0.25) is 4.79 Å². The fraction of sp³-hybridized carbons (Fsp3) is 0.588. The molecule has 2 rings (SSSR count). The fourth-order valence-electron chi connectivity index (χ4n) is 2.90. The van der Waals surface area contributed by atoms with Crippen molar-refractivity contribution in [2.24, 2.45) is 17.8 Å². The summed E-state index contributed by atoms with van der Waals surface area (Å²) in [6, 6.07) is 5.65. The molecule has 4 heteroatoms. The van der Waals surface area contributed by atoms with Crippen LogP contribution in [0.3, 0.4) is 0 Å². The summed E-state index contributed by atoms with van der Waals surface area (Å²) in [5.74, 6) is 2.20. The minimum absolute atomic E-state index is 0.0538. The lowest BCUT2D eigenvalue weighted by Gasteiger charge is -2.26. The molecule has 0 aromatic heterocycles. The summed E-state index contributed by atoms with van der Waals surface area (Å²) in [4.78, 5) is 12.4. The van der Waals surface area contributed by atoms with Crippen LogP contribution in [0.4, 0.5) is 5.69 Å². The highest BCUT2D eigenvalue weighted by Gasteiger charge is 2.22. The van der Waals surface area contributed by atoms with E-state index in [2.05, 4.69) is 38.3 Å². The highest BCUT2D eigenvalue weighted by molar-refractivity contribution is 5.99. The van der Waals surface area contributed by atoms with Crippen LogP contribution < -0.4 is 15.4 Å². The van der Waals surface area contributed by atoms with Crippen LogP contribution in [0.5, 0.6) is 5.75 Å². The SMILES string of the molecule is CC(C)C(CNC(=O)c1cccc2c1OCCN2)C(C)C. The van der Waals surface area contributed by atoms with E-state index in [1.807, 2.05) is 18.2 Å². The first-order valence-corrected chi connectivity index (χ1v) is 7.78. The highest BCUT2D eigenvalue weighted by atomic mass is 16.5. The second kappa shape index (κ2) is 6.83. The number of benzene rings is 1. The van der Waals surface area contributed by atoms with E-state index in [0.29, 0.717) is 42.2 Å². The summed E-state index contributed by atoms with van der Waals surface area (Å²) in [6.45, 7) is 10.9. The third-order valence-electron chi connectivity index (χ3n) is 4.13. The van der Waals surface area contributed by atoms with Gasteiger partial charge in [0.1, 0.15) is 6.61 Å². The Morgan fingerprint density at radius 3 is 2.67 bits per heavy atom. The van der Waals surface area contributed by atoms with Gasteiger partial charge in [-0.15, -0.1) is 0 Å². The number of amides is 1. The molecule has 0 saturated heterocycles. The van der Waals surface area contributed by atoms with E-state index >= 15 is 0 Å². The number of carbonyl (C=O) groups is 1. The van der Waals surface area contributed by atoms with Crippen LogP contribution in [0, 0.1) is 17.8 Å². The van der Waals surface area contributed by atoms with Crippen LogP contribution >= 0.6 is 0 Å². The lowest BCUT2D eigenvalue weighted by atomic mass is 9.85. The first-order valence-electron chi connectivity index (χ1n) is 7.78. The first-order chi connectivity index (χ1) is 10.0. The van der Waals surface area contributed by atoms with Crippen LogP contribution in [-0.2, 0) is 0 Å². The molecule has 1 amide bonds. The Kier molecular flexibility index (Phi) is 5.10. The molecule has 2 N–H and O–H groups in total. The van der Waals surface area contributed by atoms with Crippen molar-refractivity contribution in [2.75, 3.05) is 25.0 Å². The topological polar surface area (TPSA) is 50.4 Å². The van der Waals surface area contributed by atoms with Crippen molar-refractivity contribution in [1.82, 2.24) is 5.32 Å². The quantitative estimate of drug-likeness (QED) is 0.876. The van der Waals surface area contributed by atoms with Gasteiger partial charge >= 0.3 is 0 Å². The number of anilines is 1. The Labute approximate surface area is 127 Å². The number of hydrogen-bond donors (Lipinski definition) is 2. The number of carbonyl (C=O) groups excluding carboxylic acids is 1. The van der Waals surface area contributed by atoms with Gasteiger partial charge in [0.2, 0.25) is 0 Å². The van der Waals surface area contributed by atoms with Gasteiger partial charge in [-0.1, -0.05) is 33.8 Å². The third kappa shape index (κ3) is 3.69. The Hall–Kier alpha value is -1.71. The molecule has 0 atom stereocenters. The number of para-hydroxylation sites is 1. The fourth-order valence-corrected chi connectivity index (χ4v) is 2.90. The number of fused-ring (bicyclic) bond motifs is 1. The average molecular weight is 290 g/mol. The lowest BCUT2D eigenvalue weighted by molar-refractivity contribution is 0.0933. The van der Waals surface area contributed by atoms with E-state index in [-0.39, 0.29) is 5.91 Å². The molecule has 0 fully saturated rings. The number of rotatable bonds is 5. The zero-order valence-corrected chi connectivity index (χ0v) is 13.4. The molecule has 116 valence electrons. The van der Waals surface area contributed by atoms with Gasteiger partial charge in [-0.25, -0.2) is 0 Å². The minimum atomic E-state index is -0.0538. The zero-order chi connectivity index (χ0) is 15.4. The van der Waals surface area contributed by atoms with Gasteiger partial charge in [0.15, 0.2) is 5.75 Å². The molecule has 4 nitrogen and oxygen atoms in total. The molecule has 0 aliphatic carbocycles. The Bertz CT molecular complexity index is 490. The van der Waals surface area contributed by atoms with Crippen molar-refractivity contribution >= 4 is 11.6 Å². The molecule has 1 aliphatic heterocycles. The first kappa shape index (κ1) is 15.7. The van der Waals surface area contributed by atoms with Crippen molar-refractivity contribution in [2.45, 2.75) is 27.7 Å². The van der Waals surface area contributed by atoms with Crippen molar-refractivity contribution in [3.63, 3.8) is 0 Å². The Balaban J connectivity index is 2.07. The Morgan fingerprint density at radius 2 is 2.00 bits per heavy atom. The number of nitrogens with one attached hydrogen (secondary N) is 2. The van der Waals surface area contributed by atoms with Gasteiger partial charge in [0.25, 0.3) is 5.91 Å². The normalized spacial score (nSPS) is 13.9. The monoisotopic (exact) mass is 290 g/mol. The summed E-state index contributed by atoms with van der Waals surface area (Å²) in [5, 5.41) is 6.32. The van der Waals surface area contributed by atoms with Crippen LogP contribution in [0.1, 0.15) is 38.1 Å². The largest absolute Gasteiger partial charge is 0.489 e. The van der Waals surface area contributed by atoms with E-state index in [1.165, 1.54) is 0 Å². The molecule has 0 saturated carbocycles. The van der Waals surface area contributed by atoms with E-state index < -0.39 is 0 Å². The summed E-state index contributed by atoms with van der Waals surface area (Å²) in [7, 11) is 0. The molecule has 1 heterocycles. The second-order valence-corrected chi connectivity index (χ2v) is 6.32. The van der Waals surface area contributed by atoms with Gasteiger partial charge in [-0.05, 0) is 29.9 Å². The maximum atomic E-state index is 12.4. The molecular weight excluding hydrogens is 264 g/mol. The van der Waals surface area contributed by atoms with Crippen molar-refractivity contribution in [1.29, 1.82) is 0 Å². The minimum Gasteiger partial charge on any atom is -0.489 e. The van der Waals surface area contributed by atoms with E-state index in [0.717, 1.165) is 12.2 Å². The summed E-state index contributed by atoms with van der Waals surface area (Å²) in [5.41, 5.74) is 1.52. The molecule has 1 aromatic rings. The molecule has 0 radical (unpaired) electrons. The van der Waals surface area contributed by atoms with E-state index in [1.54, 1.807) is 0 Å². The molecule has 0 bridgehead atoms. The van der Waals surface area contributed by atoms with E-state index in [4.69, 9.17) is 4.74 Å². The maximum absolute atomic E-state index is 12.4. The molecule has 1 aliphatic rings. The molecular formula is C17H26N2O2. The van der Waals surface area contributed by atoms with Crippen LogP contribution in [0.2, 0.25) is 0 Å². The predicted molar refractivity (Wildman–Crippen MR) is 85.9 cm³/mol. The van der Waals surface area contributed by atoms with Crippen LogP contribution in [0.25, 0.3) is 0 Å². The smallest absolute Gasteiger partial charge is 0.255 e. The summed E-state index contributed by atoms with van der Waals surface area (Å²) < 4.78 is 5.65. The maximum Gasteiger partial charge on any atom is 0.255 e. The van der Waals surface area contributed by atoms with Crippen molar-refractivity contribution < 1.29 is 9.53 Å². The van der Waals surface area contributed by atoms with Gasteiger partial charge in [-0.2, -0.15) is 0 Å². The highest BCUT2D eigenvalue weighted by Crippen LogP contribution is 2.31. The van der Waals surface area contributed by atoms with E-state index in [9.17, 15) is 4.79 Å². The van der Waals surface area contributed by atoms with Crippen molar-refractivity contribution in [3.8, 4) is 5.75 Å². The van der Waals surface area contributed by atoms with Gasteiger partial charge in [0, 0.05) is 13.1 Å². The third-order valence-corrected chi connectivity index (χ3v) is 4.13. The standard InChI is InChI=1S/C17H26N2O2/c1-11(2)14(12(3)4)10-19-17(20)13-6-5-7-15-16(13)21-9-8-18-15/h5-7,11-12,14,18H,8-10H2,1-4H3,(H,19,20). The molecule has 1 aromatic carbocycles. The van der Waals surface area contributed by atoms with Crippen molar-refractivity contribution in [3.05, 3.63) is 23.8 Å². The molecule has 0 spiro atoms. The van der Waals surface area contributed by atoms with Gasteiger partial charge < -0.3 is 15.4 Å². The summed E-state index contributed by atoms with van der Waals surface area (Å²) >= 11 is 0. The molecule has 21 heavy (non-hydrogen) atoms. The van der Waals surface area contributed by atoms with Gasteiger partial charge in [0.05, 0.1) is 11.3 Å². The lowest BCUT2D eigenvalue weighted by Crippen LogP contribution is -2.34. The molecule has 0 unspecified atom stereocenters. The zero-order valence-electron chi connectivity index (χ0n) is 13.4. The summed E-state index contributed by atoms with van der Waals surface area (Å²) in [6.07, 6.45) is 0.